The van der Waals surface area contributed by atoms with Crippen molar-refractivity contribution in [1.82, 2.24) is 9.88 Å². The maximum absolute atomic E-state index is 11.6. The van der Waals surface area contributed by atoms with Crippen molar-refractivity contribution >= 4 is 11.8 Å². The summed E-state index contributed by atoms with van der Waals surface area (Å²) < 4.78 is 0. The molecule has 1 fully saturated rings. The van der Waals surface area contributed by atoms with E-state index in [1.807, 2.05) is 6.07 Å². The van der Waals surface area contributed by atoms with Gasteiger partial charge in [0.15, 0.2) is 0 Å². The summed E-state index contributed by atoms with van der Waals surface area (Å²) in [6.45, 7) is 0. The minimum atomic E-state index is -0.457. The normalized spacial score (nSPS) is 24.8. The molecule has 0 aliphatic carbocycles. The van der Waals surface area contributed by atoms with Crippen LogP contribution >= 0.6 is 0 Å². The molecule has 2 heterocycles. The molecule has 1 aliphatic rings. The molecule has 1 aromatic rings. The van der Waals surface area contributed by atoms with Crippen molar-refractivity contribution in [3.8, 4) is 0 Å². The van der Waals surface area contributed by atoms with Crippen molar-refractivity contribution in [2.24, 2.45) is 11.7 Å². The van der Waals surface area contributed by atoms with E-state index >= 15 is 0 Å². The van der Waals surface area contributed by atoms with E-state index in [9.17, 15) is 9.59 Å². The second-order valence-electron chi connectivity index (χ2n) is 3.95. The molecule has 5 nitrogen and oxygen atoms in total. The van der Waals surface area contributed by atoms with Crippen LogP contribution in [0.15, 0.2) is 24.5 Å². The third kappa shape index (κ3) is 1.64. The fraction of sp³-hybridized carbons (Fsp3) is 0.364. The van der Waals surface area contributed by atoms with Crippen LogP contribution in [0, 0.1) is 5.92 Å². The SMILES string of the molecule is CN1C(=O)CC(C(N)=O)[C@@H]1c1cccnc1. The van der Waals surface area contributed by atoms with Crippen LogP contribution in [-0.4, -0.2) is 28.7 Å². The van der Waals surface area contributed by atoms with Crippen LogP contribution < -0.4 is 5.73 Å². The third-order valence-corrected chi connectivity index (χ3v) is 2.98. The second-order valence-corrected chi connectivity index (χ2v) is 3.95. The van der Waals surface area contributed by atoms with Crippen molar-refractivity contribution in [2.75, 3.05) is 7.05 Å². The zero-order chi connectivity index (χ0) is 11.7. The highest BCUT2D eigenvalue weighted by Crippen LogP contribution is 2.36. The third-order valence-electron chi connectivity index (χ3n) is 2.98. The molecule has 84 valence electrons. The van der Waals surface area contributed by atoms with Gasteiger partial charge in [0.05, 0.1) is 12.0 Å². The maximum atomic E-state index is 11.6. The van der Waals surface area contributed by atoms with Gasteiger partial charge in [0.2, 0.25) is 11.8 Å². The van der Waals surface area contributed by atoms with Crippen LogP contribution in [0.2, 0.25) is 0 Å². The van der Waals surface area contributed by atoms with Gasteiger partial charge in [-0.15, -0.1) is 0 Å². The number of aromatic nitrogens is 1. The Labute approximate surface area is 93.3 Å². The van der Waals surface area contributed by atoms with Crippen molar-refractivity contribution in [3.05, 3.63) is 30.1 Å². The van der Waals surface area contributed by atoms with Crippen LogP contribution in [0.1, 0.15) is 18.0 Å². The van der Waals surface area contributed by atoms with Crippen LogP contribution in [0.3, 0.4) is 0 Å². The molecular weight excluding hydrogens is 206 g/mol. The van der Waals surface area contributed by atoms with Gasteiger partial charge >= 0.3 is 0 Å². The molecule has 16 heavy (non-hydrogen) atoms. The molecule has 5 heteroatoms. The number of carbonyl (C=O) groups is 2. The van der Waals surface area contributed by atoms with E-state index in [0.29, 0.717) is 0 Å². The molecule has 0 saturated carbocycles. The average Bonchev–Trinajstić information content (AvgIpc) is 2.57. The highest BCUT2D eigenvalue weighted by Gasteiger charge is 2.41. The van der Waals surface area contributed by atoms with Gasteiger partial charge in [0.25, 0.3) is 0 Å². The number of carbonyl (C=O) groups excluding carboxylic acids is 2. The Morgan fingerprint density at radius 1 is 1.62 bits per heavy atom. The van der Waals surface area contributed by atoms with Gasteiger partial charge in [-0.3, -0.25) is 14.6 Å². The molecule has 1 unspecified atom stereocenters. The van der Waals surface area contributed by atoms with Gasteiger partial charge in [-0.05, 0) is 11.6 Å². The number of primary amides is 1. The predicted octanol–water partition coefficient (Wildman–Crippen LogP) is 0.0863. The lowest BCUT2D eigenvalue weighted by Gasteiger charge is -2.23. The standard InChI is InChI=1S/C11H13N3O2/c1-14-9(15)5-8(11(12)16)10(14)7-3-2-4-13-6-7/h2-4,6,8,10H,5H2,1H3,(H2,12,16)/t8?,10-/m0/s1. The Morgan fingerprint density at radius 3 is 2.94 bits per heavy atom. The number of hydrogen-bond acceptors (Lipinski definition) is 3. The molecule has 2 N–H and O–H groups in total. The van der Waals surface area contributed by atoms with Crippen molar-refractivity contribution < 1.29 is 9.59 Å². The lowest BCUT2D eigenvalue weighted by atomic mass is 9.94. The summed E-state index contributed by atoms with van der Waals surface area (Å²) in [7, 11) is 1.68. The zero-order valence-electron chi connectivity index (χ0n) is 8.96. The number of pyridine rings is 1. The van der Waals surface area contributed by atoms with Crippen LogP contribution in [0.5, 0.6) is 0 Å². The fourth-order valence-corrected chi connectivity index (χ4v) is 2.13. The fourth-order valence-electron chi connectivity index (χ4n) is 2.13. The summed E-state index contributed by atoms with van der Waals surface area (Å²) in [5.41, 5.74) is 6.16. The molecule has 1 aromatic heterocycles. The summed E-state index contributed by atoms with van der Waals surface area (Å²) in [4.78, 5) is 28.4. The van der Waals surface area contributed by atoms with Gasteiger partial charge in [-0.2, -0.15) is 0 Å². The number of amides is 2. The van der Waals surface area contributed by atoms with E-state index in [1.165, 1.54) is 0 Å². The van der Waals surface area contributed by atoms with E-state index in [2.05, 4.69) is 4.98 Å². The van der Waals surface area contributed by atoms with Gasteiger partial charge < -0.3 is 10.6 Å². The minimum Gasteiger partial charge on any atom is -0.369 e. The highest BCUT2D eigenvalue weighted by molar-refractivity contribution is 5.89. The van der Waals surface area contributed by atoms with E-state index in [4.69, 9.17) is 5.73 Å². The molecule has 1 aliphatic heterocycles. The molecule has 2 amide bonds. The molecule has 0 spiro atoms. The molecule has 2 atom stereocenters. The lowest BCUT2D eigenvalue weighted by molar-refractivity contribution is -0.128. The van der Waals surface area contributed by atoms with Crippen LogP contribution in [0.25, 0.3) is 0 Å². The van der Waals surface area contributed by atoms with E-state index < -0.39 is 11.8 Å². The van der Waals surface area contributed by atoms with E-state index in [1.54, 1.807) is 30.4 Å². The molecule has 1 saturated heterocycles. The lowest BCUT2D eigenvalue weighted by Crippen LogP contribution is -2.30. The number of hydrogen-bond donors (Lipinski definition) is 1. The monoisotopic (exact) mass is 219 g/mol. The molecular formula is C11H13N3O2. The predicted molar refractivity (Wildman–Crippen MR) is 57.0 cm³/mol. The number of nitrogens with zero attached hydrogens (tertiary/aromatic N) is 2. The molecule has 0 aromatic carbocycles. The van der Waals surface area contributed by atoms with E-state index in [-0.39, 0.29) is 18.4 Å². The van der Waals surface area contributed by atoms with Gasteiger partial charge in [-0.1, -0.05) is 6.07 Å². The topological polar surface area (TPSA) is 76.3 Å². The first-order valence-electron chi connectivity index (χ1n) is 5.06. The smallest absolute Gasteiger partial charge is 0.223 e. The Bertz CT molecular complexity index is 418. The number of rotatable bonds is 2. The number of nitrogens with two attached hydrogens (primary N) is 1. The second kappa shape index (κ2) is 3.92. The molecule has 0 radical (unpaired) electrons. The van der Waals surface area contributed by atoms with Crippen molar-refractivity contribution in [2.45, 2.75) is 12.5 Å². The Morgan fingerprint density at radius 2 is 2.38 bits per heavy atom. The summed E-state index contributed by atoms with van der Waals surface area (Å²) >= 11 is 0. The quantitative estimate of drug-likeness (QED) is 0.765. The summed E-state index contributed by atoms with van der Waals surface area (Å²) in [6.07, 6.45) is 3.50. The van der Waals surface area contributed by atoms with Crippen LogP contribution in [0.4, 0.5) is 0 Å². The van der Waals surface area contributed by atoms with Crippen LogP contribution in [-0.2, 0) is 9.59 Å². The van der Waals surface area contributed by atoms with Crippen molar-refractivity contribution in [1.29, 1.82) is 0 Å². The van der Waals surface area contributed by atoms with Gasteiger partial charge in [0.1, 0.15) is 0 Å². The Balaban J connectivity index is 2.37. The number of likely N-dealkylation sites (tertiary alicyclic amines) is 1. The average molecular weight is 219 g/mol. The van der Waals surface area contributed by atoms with Gasteiger partial charge in [-0.25, -0.2) is 0 Å². The van der Waals surface area contributed by atoms with E-state index in [0.717, 1.165) is 5.56 Å². The molecule has 0 bridgehead atoms. The zero-order valence-corrected chi connectivity index (χ0v) is 8.96. The van der Waals surface area contributed by atoms with Gasteiger partial charge in [0, 0.05) is 25.9 Å². The summed E-state index contributed by atoms with van der Waals surface area (Å²) in [5.74, 6) is -0.953. The largest absolute Gasteiger partial charge is 0.369 e. The first-order valence-corrected chi connectivity index (χ1v) is 5.06. The highest BCUT2D eigenvalue weighted by atomic mass is 16.2. The first-order chi connectivity index (χ1) is 7.61. The Kier molecular flexibility index (Phi) is 2.60. The minimum absolute atomic E-state index is 0.0577. The van der Waals surface area contributed by atoms with Crippen molar-refractivity contribution in [3.63, 3.8) is 0 Å². The summed E-state index contributed by atoms with van der Waals surface area (Å²) in [5, 5.41) is 0. The Hall–Kier alpha value is -1.91. The summed E-state index contributed by atoms with van der Waals surface area (Å²) in [6, 6.07) is 3.35. The first kappa shape index (κ1) is 10.6. The maximum Gasteiger partial charge on any atom is 0.223 e. The molecule has 2 rings (SSSR count).